The van der Waals surface area contributed by atoms with Crippen LogP contribution < -0.4 is 10.7 Å². The van der Waals surface area contributed by atoms with Crippen LogP contribution in [-0.2, 0) is 12.8 Å². The Balaban J connectivity index is 1.49. The number of carbonyl (C=O) groups is 1. The number of hydrogen-bond acceptors (Lipinski definition) is 4. The van der Waals surface area contributed by atoms with E-state index in [9.17, 15) is 4.79 Å². The van der Waals surface area contributed by atoms with Gasteiger partial charge in [0.15, 0.2) is 0 Å². The summed E-state index contributed by atoms with van der Waals surface area (Å²) in [5, 5.41) is 7.59. The summed E-state index contributed by atoms with van der Waals surface area (Å²) in [5.41, 5.74) is 10.4. The van der Waals surface area contributed by atoms with Gasteiger partial charge in [0.2, 0.25) is 0 Å². The summed E-state index contributed by atoms with van der Waals surface area (Å²) in [7, 11) is 0. The smallest absolute Gasteiger partial charge is 0.253 e. The number of H-pyrrole nitrogens is 1. The monoisotopic (exact) mass is 421 g/mol. The predicted octanol–water partition coefficient (Wildman–Crippen LogP) is 4.42. The quantitative estimate of drug-likeness (QED) is 0.318. The Hall–Kier alpha value is -4.19. The van der Waals surface area contributed by atoms with Crippen molar-refractivity contribution in [2.45, 2.75) is 12.8 Å². The van der Waals surface area contributed by atoms with Gasteiger partial charge >= 0.3 is 0 Å². The predicted molar refractivity (Wildman–Crippen MR) is 127 cm³/mol. The molecule has 0 saturated heterocycles. The third kappa shape index (κ3) is 4.30. The lowest BCUT2D eigenvalue weighted by molar-refractivity contribution is 0.0946. The molecule has 3 heterocycles. The van der Waals surface area contributed by atoms with Crippen molar-refractivity contribution in [3.05, 3.63) is 108 Å². The van der Waals surface area contributed by atoms with Gasteiger partial charge in [0, 0.05) is 42.5 Å². The molecule has 0 unspecified atom stereocenters. The van der Waals surface area contributed by atoms with Crippen molar-refractivity contribution in [2.24, 2.45) is 5.10 Å². The summed E-state index contributed by atoms with van der Waals surface area (Å²) in [6, 6.07) is 26.0. The number of benzene rings is 2. The molecular formula is C26H23N5O. The first kappa shape index (κ1) is 19.8. The van der Waals surface area contributed by atoms with E-state index in [1.807, 2.05) is 66.7 Å². The van der Waals surface area contributed by atoms with E-state index in [4.69, 9.17) is 5.10 Å². The number of carbonyl (C=O) groups excluding carboxylic acids is 1. The first-order valence-electron chi connectivity index (χ1n) is 10.6. The van der Waals surface area contributed by atoms with Gasteiger partial charge < -0.3 is 10.3 Å². The number of anilines is 1. The lowest BCUT2D eigenvalue weighted by atomic mass is 10.0. The number of aromatic amines is 1. The summed E-state index contributed by atoms with van der Waals surface area (Å²) in [6.07, 6.45) is 3.23. The van der Waals surface area contributed by atoms with Crippen molar-refractivity contribution in [2.75, 3.05) is 12.0 Å². The highest BCUT2D eigenvalue weighted by atomic mass is 16.1. The highest BCUT2D eigenvalue weighted by Gasteiger charge is 2.20. The van der Waals surface area contributed by atoms with Crippen LogP contribution >= 0.6 is 0 Å². The Morgan fingerprint density at radius 3 is 2.56 bits per heavy atom. The fourth-order valence-electron chi connectivity index (χ4n) is 3.83. The van der Waals surface area contributed by atoms with Crippen LogP contribution in [0.4, 0.5) is 5.69 Å². The van der Waals surface area contributed by atoms with Crippen LogP contribution in [0.15, 0.2) is 90.2 Å². The fraction of sp³-hybridized carbons (Fsp3) is 0.115. The number of nitrogens with one attached hydrogen (secondary N) is 3. The van der Waals surface area contributed by atoms with Gasteiger partial charge in [0.25, 0.3) is 5.91 Å². The first-order valence-corrected chi connectivity index (χ1v) is 10.6. The lowest BCUT2D eigenvalue weighted by Crippen LogP contribution is -2.31. The maximum absolute atomic E-state index is 12.2. The maximum Gasteiger partial charge on any atom is 0.253 e. The van der Waals surface area contributed by atoms with Crippen molar-refractivity contribution in [3.63, 3.8) is 0 Å². The number of aromatic nitrogens is 2. The zero-order valence-corrected chi connectivity index (χ0v) is 17.5. The molecule has 6 nitrogen and oxygen atoms in total. The molecule has 1 amide bonds. The molecule has 3 N–H and O–H groups in total. The van der Waals surface area contributed by atoms with Crippen LogP contribution in [0.2, 0.25) is 0 Å². The standard InChI is InChI=1S/C26H23N5O/c32-26-21-17-23(29-22(21)12-14-28-26)19-11-13-27-24(16-19)25(15-18-7-3-1-4-8-18)31-30-20-9-5-2-6-10-20/h1-11,13,16-17,29-30H,12,14-15H2,(H,28,32)/b31-25-. The Kier molecular flexibility index (Phi) is 5.49. The molecule has 6 heteroatoms. The van der Waals surface area contributed by atoms with Gasteiger partial charge in [-0.2, -0.15) is 5.10 Å². The van der Waals surface area contributed by atoms with Gasteiger partial charge in [0.05, 0.1) is 22.7 Å². The van der Waals surface area contributed by atoms with Crippen LogP contribution in [0, 0.1) is 0 Å². The fourth-order valence-corrected chi connectivity index (χ4v) is 3.83. The topological polar surface area (TPSA) is 82.2 Å². The van der Waals surface area contributed by atoms with E-state index in [1.165, 1.54) is 0 Å². The van der Waals surface area contributed by atoms with E-state index in [2.05, 4.69) is 32.8 Å². The Labute approximate surface area is 186 Å². The van der Waals surface area contributed by atoms with E-state index < -0.39 is 0 Å². The second-order valence-electron chi connectivity index (χ2n) is 7.71. The van der Waals surface area contributed by atoms with E-state index in [1.54, 1.807) is 6.20 Å². The third-order valence-electron chi connectivity index (χ3n) is 5.48. The van der Waals surface area contributed by atoms with Gasteiger partial charge in [-0.05, 0) is 35.9 Å². The normalized spacial score (nSPS) is 13.4. The third-order valence-corrected chi connectivity index (χ3v) is 5.48. The number of nitrogens with zero attached hydrogens (tertiary/aromatic N) is 2. The molecule has 0 fully saturated rings. The summed E-state index contributed by atoms with van der Waals surface area (Å²) in [5.74, 6) is -0.0265. The number of pyridine rings is 1. The summed E-state index contributed by atoms with van der Waals surface area (Å²) in [6.45, 7) is 0.659. The van der Waals surface area contributed by atoms with Crippen LogP contribution in [-0.4, -0.2) is 28.1 Å². The molecular weight excluding hydrogens is 398 g/mol. The second-order valence-corrected chi connectivity index (χ2v) is 7.71. The minimum atomic E-state index is -0.0265. The zero-order chi connectivity index (χ0) is 21.8. The van der Waals surface area contributed by atoms with Crippen LogP contribution in [0.1, 0.15) is 27.3 Å². The number of rotatable bonds is 6. The molecule has 1 aliphatic heterocycles. The minimum absolute atomic E-state index is 0.0265. The second kappa shape index (κ2) is 8.89. The molecule has 0 radical (unpaired) electrons. The largest absolute Gasteiger partial charge is 0.358 e. The molecule has 2 aromatic carbocycles. The highest BCUT2D eigenvalue weighted by molar-refractivity contribution is 6.02. The van der Waals surface area contributed by atoms with Crippen LogP contribution in [0.5, 0.6) is 0 Å². The van der Waals surface area contributed by atoms with Gasteiger partial charge in [0.1, 0.15) is 0 Å². The Morgan fingerprint density at radius 2 is 1.78 bits per heavy atom. The molecule has 158 valence electrons. The number of amides is 1. The van der Waals surface area contributed by atoms with Crippen LogP contribution in [0.3, 0.4) is 0 Å². The molecule has 0 bridgehead atoms. The molecule has 32 heavy (non-hydrogen) atoms. The first-order chi connectivity index (χ1) is 15.8. The number of fused-ring (bicyclic) bond motifs is 1. The zero-order valence-electron chi connectivity index (χ0n) is 17.5. The van der Waals surface area contributed by atoms with Gasteiger partial charge in [-0.15, -0.1) is 0 Å². The summed E-state index contributed by atoms with van der Waals surface area (Å²) in [4.78, 5) is 20.2. The average molecular weight is 422 g/mol. The number of hydrazone groups is 1. The van der Waals surface area contributed by atoms with Crippen molar-refractivity contribution >= 4 is 17.3 Å². The Bertz CT molecular complexity index is 1260. The molecule has 2 aromatic heterocycles. The Morgan fingerprint density at radius 1 is 1.00 bits per heavy atom. The molecule has 0 aliphatic carbocycles. The van der Waals surface area contributed by atoms with Gasteiger partial charge in [-0.3, -0.25) is 15.2 Å². The molecule has 0 atom stereocenters. The average Bonchev–Trinajstić information content (AvgIpc) is 3.29. The molecule has 0 saturated carbocycles. The maximum atomic E-state index is 12.2. The van der Waals surface area contributed by atoms with E-state index in [0.717, 1.165) is 46.0 Å². The van der Waals surface area contributed by atoms with E-state index in [0.29, 0.717) is 18.5 Å². The summed E-state index contributed by atoms with van der Waals surface area (Å²) >= 11 is 0. The lowest BCUT2D eigenvalue weighted by Gasteiger charge is -2.11. The van der Waals surface area contributed by atoms with Crippen molar-refractivity contribution < 1.29 is 4.79 Å². The van der Waals surface area contributed by atoms with Crippen LogP contribution in [0.25, 0.3) is 11.3 Å². The van der Waals surface area contributed by atoms with E-state index in [-0.39, 0.29) is 5.91 Å². The number of hydrogen-bond donors (Lipinski definition) is 3. The minimum Gasteiger partial charge on any atom is -0.358 e. The van der Waals surface area contributed by atoms with Crippen molar-refractivity contribution in [1.82, 2.24) is 15.3 Å². The molecule has 1 aliphatic rings. The highest BCUT2D eigenvalue weighted by Crippen LogP contribution is 2.24. The number of para-hydroxylation sites is 1. The van der Waals surface area contributed by atoms with Gasteiger partial charge in [-0.25, -0.2) is 0 Å². The molecule has 5 rings (SSSR count). The van der Waals surface area contributed by atoms with Gasteiger partial charge in [-0.1, -0.05) is 48.5 Å². The van der Waals surface area contributed by atoms with E-state index >= 15 is 0 Å². The van der Waals surface area contributed by atoms with Crippen molar-refractivity contribution in [1.29, 1.82) is 0 Å². The van der Waals surface area contributed by atoms with Crippen molar-refractivity contribution in [3.8, 4) is 11.3 Å². The SMILES string of the molecule is O=C1NCCc2[nH]c(-c3ccnc(/C(Cc4ccccc4)=N\Nc4ccccc4)c3)cc21. The molecule has 0 spiro atoms. The molecule has 4 aromatic rings. The summed E-state index contributed by atoms with van der Waals surface area (Å²) < 4.78 is 0.